The molecule has 0 heterocycles. The lowest BCUT2D eigenvalue weighted by atomic mass is 10.1. The zero-order chi connectivity index (χ0) is 16.4. The second kappa shape index (κ2) is 9.41. The fraction of sp³-hybridized carbons (Fsp3) is 0.588. The highest BCUT2D eigenvalue weighted by atomic mass is 19.1. The summed E-state index contributed by atoms with van der Waals surface area (Å²) in [5.74, 6) is -0.184. The molecule has 0 bridgehead atoms. The number of halogens is 1. The molecule has 0 unspecified atom stereocenters. The first-order chi connectivity index (χ1) is 10.4. The summed E-state index contributed by atoms with van der Waals surface area (Å²) in [5, 5.41) is 6.03. The normalized spacial score (nSPS) is 11.3. The Kier molecular flexibility index (Phi) is 7.88. The van der Waals surface area contributed by atoms with E-state index >= 15 is 0 Å². The first kappa shape index (κ1) is 18.4. The van der Waals surface area contributed by atoms with Gasteiger partial charge in [0.15, 0.2) is 0 Å². The van der Waals surface area contributed by atoms with E-state index in [4.69, 9.17) is 4.74 Å². The number of hydrogen-bond acceptors (Lipinski definition) is 3. The van der Waals surface area contributed by atoms with Crippen LogP contribution in [0.25, 0.3) is 0 Å². The van der Waals surface area contributed by atoms with Gasteiger partial charge in [-0.1, -0.05) is 12.1 Å². The van der Waals surface area contributed by atoms with Crippen molar-refractivity contribution in [2.75, 3.05) is 19.7 Å². The summed E-state index contributed by atoms with van der Waals surface area (Å²) < 4.78 is 18.1. The number of aryl methyl sites for hydroxylation is 1. The van der Waals surface area contributed by atoms with Gasteiger partial charge in [-0.3, -0.25) is 0 Å². The van der Waals surface area contributed by atoms with Crippen LogP contribution in [0.1, 0.15) is 39.2 Å². The standard InChI is InChI=1S/C17H27FN2O2/c1-17(2,3)20-16(21)22-12-6-11-19-10-5-8-14-7-4-9-15(18)13-14/h4,7,9,13,19H,5-6,8,10-12H2,1-3H3,(H,20,21). The van der Waals surface area contributed by atoms with Crippen molar-refractivity contribution in [1.29, 1.82) is 0 Å². The second-order valence-electron chi connectivity index (χ2n) is 6.35. The smallest absolute Gasteiger partial charge is 0.407 e. The maximum absolute atomic E-state index is 13.0. The fourth-order valence-corrected chi connectivity index (χ4v) is 1.94. The van der Waals surface area contributed by atoms with Gasteiger partial charge in [-0.25, -0.2) is 9.18 Å². The predicted octanol–water partition coefficient (Wildman–Crippen LogP) is 3.26. The SMILES string of the molecule is CC(C)(C)NC(=O)OCCCNCCCc1cccc(F)c1. The average molecular weight is 310 g/mol. The zero-order valence-electron chi connectivity index (χ0n) is 13.7. The Hall–Kier alpha value is -1.62. The van der Waals surface area contributed by atoms with Crippen LogP contribution in [0.2, 0.25) is 0 Å². The molecule has 0 saturated heterocycles. The second-order valence-corrected chi connectivity index (χ2v) is 6.35. The van der Waals surface area contributed by atoms with Crippen LogP contribution in [-0.2, 0) is 11.2 Å². The molecule has 1 aromatic carbocycles. The van der Waals surface area contributed by atoms with Gasteiger partial charge >= 0.3 is 6.09 Å². The quantitative estimate of drug-likeness (QED) is 0.725. The van der Waals surface area contributed by atoms with E-state index in [1.165, 1.54) is 6.07 Å². The highest BCUT2D eigenvalue weighted by Gasteiger charge is 2.13. The van der Waals surface area contributed by atoms with Crippen LogP contribution >= 0.6 is 0 Å². The van der Waals surface area contributed by atoms with Gasteiger partial charge in [0.1, 0.15) is 5.82 Å². The summed E-state index contributed by atoms with van der Waals surface area (Å²) >= 11 is 0. The Morgan fingerprint density at radius 2 is 1.95 bits per heavy atom. The van der Waals surface area contributed by atoms with E-state index in [2.05, 4.69) is 10.6 Å². The first-order valence-electron chi connectivity index (χ1n) is 7.77. The van der Waals surface area contributed by atoms with Crippen molar-refractivity contribution in [2.24, 2.45) is 0 Å². The molecule has 22 heavy (non-hydrogen) atoms. The number of nitrogens with one attached hydrogen (secondary N) is 2. The van der Waals surface area contributed by atoms with Gasteiger partial charge in [-0.15, -0.1) is 0 Å². The van der Waals surface area contributed by atoms with Gasteiger partial charge < -0.3 is 15.4 Å². The third-order valence-electron chi connectivity index (χ3n) is 2.92. The summed E-state index contributed by atoms with van der Waals surface area (Å²) in [4.78, 5) is 11.4. The van der Waals surface area contributed by atoms with E-state index in [0.29, 0.717) is 6.61 Å². The molecule has 0 aliphatic carbocycles. The van der Waals surface area contributed by atoms with Crippen molar-refractivity contribution in [3.05, 3.63) is 35.6 Å². The van der Waals surface area contributed by atoms with Crippen molar-refractivity contribution < 1.29 is 13.9 Å². The van der Waals surface area contributed by atoms with Gasteiger partial charge in [-0.2, -0.15) is 0 Å². The van der Waals surface area contributed by atoms with Crippen molar-refractivity contribution in [3.63, 3.8) is 0 Å². The lowest BCUT2D eigenvalue weighted by Gasteiger charge is -2.19. The Balaban J connectivity index is 1.97. The minimum Gasteiger partial charge on any atom is -0.450 e. The molecule has 5 heteroatoms. The highest BCUT2D eigenvalue weighted by Crippen LogP contribution is 2.05. The predicted molar refractivity (Wildman–Crippen MR) is 86.4 cm³/mol. The van der Waals surface area contributed by atoms with Gasteiger partial charge in [0.2, 0.25) is 0 Å². The Labute approximate surface area is 132 Å². The van der Waals surface area contributed by atoms with Crippen molar-refractivity contribution in [2.45, 2.75) is 45.6 Å². The molecule has 1 amide bonds. The Bertz CT molecular complexity index is 458. The third kappa shape index (κ3) is 9.34. The van der Waals surface area contributed by atoms with Crippen LogP contribution in [0, 0.1) is 5.82 Å². The van der Waals surface area contributed by atoms with E-state index in [9.17, 15) is 9.18 Å². The minimum atomic E-state index is -0.376. The lowest BCUT2D eigenvalue weighted by molar-refractivity contribution is 0.136. The van der Waals surface area contributed by atoms with E-state index < -0.39 is 0 Å². The highest BCUT2D eigenvalue weighted by molar-refractivity contribution is 5.67. The number of benzene rings is 1. The molecule has 0 aromatic heterocycles. The molecule has 0 aliphatic heterocycles. The maximum atomic E-state index is 13.0. The van der Waals surface area contributed by atoms with Crippen LogP contribution in [0.5, 0.6) is 0 Å². The van der Waals surface area contributed by atoms with Gasteiger partial charge in [0, 0.05) is 5.54 Å². The van der Waals surface area contributed by atoms with E-state index in [-0.39, 0.29) is 17.4 Å². The average Bonchev–Trinajstić information content (AvgIpc) is 2.40. The van der Waals surface area contributed by atoms with Crippen molar-refractivity contribution in [1.82, 2.24) is 10.6 Å². The summed E-state index contributed by atoms with van der Waals surface area (Å²) in [6.45, 7) is 7.80. The van der Waals surface area contributed by atoms with Gasteiger partial charge in [0.25, 0.3) is 0 Å². The third-order valence-corrected chi connectivity index (χ3v) is 2.92. The van der Waals surface area contributed by atoms with Crippen LogP contribution in [0.4, 0.5) is 9.18 Å². The topological polar surface area (TPSA) is 50.4 Å². The summed E-state index contributed by atoms with van der Waals surface area (Å²) in [6, 6.07) is 6.70. The van der Waals surface area contributed by atoms with Crippen LogP contribution in [-0.4, -0.2) is 31.3 Å². The molecule has 124 valence electrons. The molecule has 0 saturated carbocycles. The number of hydrogen-bond donors (Lipinski definition) is 2. The van der Waals surface area contributed by atoms with Gasteiger partial charge in [0.05, 0.1) is 6.61 Å². The van der Waals surface area contributed by atoms with Gasteiger partial charge in [-0.05, 0) is 70.8 Å². The number of rotatable bonds is 8. The minimum absolute atomic E-state index is 0.184. The van der Waals surface area contributed by atoms with Crippen LogP contribution in [0.3, 0.4) is 0 Å². The molecule has 0 radical (unpaired) electrons. The van der Waals surface area contributed by atoms with E-state index in [1.54, 1.807) is 12.1 Å². The molecule has 1 aromatic rings. The number of carbonyl (C=O) groups excluding carboxylic acids is 1. The maximum Gasteiger partial charge on any atom is 0.407 e. The van der Waals surface area contributed by atoms with Crippen LogP contribution < -0.4 is 10.6 Å². The fourth-order valence-electron chi connectivity index (χ4n) is 1.94. The van der Waals surface area contributed by atoms with Crippen molar-refractivity contribution >= 4 is 6.09 Å². The number of ether oxygens (including phenoxy) is 1. The molecule has 0 aliphatic rings. The first-order valence-corrected chi connectivity index (χ1v) is 7.77. The molecule has 0 spiro atoms. The zero-order valence-corrected chi connectivity index (χ0v) is 13.7. The molecule has 2 N–H and O–H groups in total. The Morgan fingerprint density at radius 3 is 2.64 bits per heavy atom. The number of amides is 1. The summed E-state index contributed by atoms with van der Waals surface area (Å²) in [7, 11) is 0. The van der Waals surface area contributed by atoms with E-state index in [0.717, 1.165) is 37.9 Å². The van der Waals surface area contributed by atoms with E-state index in [1.807, 2.05) is 26.8 Å². The largest absolute Gasteiger partial charge is 0.450 e. The Morgan fingerprint density at radius 1 is 1.23 bits per heavy atom. The molecule has 4 nitrogen and oxygen atoms in total. The number of carbonyl (C=O) groups is 1. The molecule has 0 fully saturated rings. The molecular formula is C17H27FN2O2. The summed E-state index contributed by atoms with van der Waals surface area (Å²) in [5.41, 5.74) is 0.746. The summed E-state index contributed by atoms with van der Waals surface area (Å²) in [6.07, 6.45) is 2.21. The molecular weight excluding hydrogens is 283 g/mol. The lowest BCUT2D eigenvalue weighted by Crippen LogP contribution is -2.41. The molecule has 1 rings (SSSR count). The number of alkyl carbamates (subject to hydrolysis) is 1. The monoisotopic (exact) mass is 310 g/mol. The van der Waals surface area contributed by atoms with Crippen LogP contribution in [0.15, 0.2) is 24.3 Å². The van der Waals surface area contributed by atoms with Crippen molar-refractivity contribution in [3.8, 4) is 0 Å². The molecule has 0 atom stereocenters.